The minimum atomic E-state index is 0. The Hall–Kier alpha value is -3.84. The summed E-state index contributed by atoms with van der Waals surface area (Å²) in [6.45, 7) is 18.7. The SMILES string of the molecule is C.Cc1cc(C[C@H]2CCN(C(C)c3cnc4c(c3)C(=O)N(C)CC4)C2)cc(C)n1.Cc1cc(C[C@H]2CCN([C@H](C)c3cnc4c(c3)C(=O)N(C)CC4)C2)cc(C)n1.S.S. The Morgan fingerprint density at radius 2 is 0.949 bits per heavy atom. The van der Waals surface area contributed by atoms with E-state index >= 15 is 0 Å². The number of hydrogen-bond donors (Lipinski definition) is 0. The van der Waals surface area contributed by atoms with Crippen molar-refractivity contribution in [1.29, 1.82) is 0 Å². The first-order valence-corrected chi connectivity index (χ1v) is 20.7. The summed E-state index contributed by atoms with van der Waals surface area (Å²) < 4.78 is 0. The van der Waals surface area contributed by atoms with Crippen molar-refractivity contribution >= 4 is 38.8 Å². The number of likely N-dealkylation sites (tertiary alicyclic amines) is 2. The van der Waals surface area contributed by atoms with Gasteiger partial charge in [0.25, 0.3) is 11.8 Å². The van der Waals surface area contributed by atoms with Gasteiger partial charge in [-0.15, -0.1) is 0 Å². The summed E-state index contributed by atoms with van der Waals surface area (Å²) in [5, 5.41) is 0. The van der Waals surface area contributed by atoms with Gasteiger partial charge in [0, 0.05) is 100 Å². The van der Waals surface area contributed by atoms with Crippen LogP contribution in [0.5, 0.6) is 0 Å². The smallest absolute Gasteiger partial charge is 0.255 e. The highest BCUT2D eigenvalue weighted by Gasteiger charge is 2.31. The summed E-state index contributed by atoms with van der Waals surface area (Å²) in [6.07, 6.45) is 10.3. The van der Waals surface area contributed by atoms with Gasteiger partial charge in [-0.2, -0.15) is 27.0 Å². The molecule has 0 aromatic carbocycles. The zero-order valence-electron chi connectivity index (χ0n) is 35.8. The second-order valence-electron chi connectivity index (χ2n) is 17.1. The minimum absolute atomic E-state index is 0. The lowest BCUT2D eigenvalue weighted by atomic mass is 9.98. The maximum atomic E-state index is 12.5. The molecule has 0 saturated carbocycles. The Morgan fingerprint density at radius 3 is 1.31 bits per heavy atom. The van der Waals surface area contributed by atoms with Gasteiger partial charge in [-0.1, -0.05) is 7.43 Å². The van der Waals surface area contributed by atoms with Crippen LogP contribution in [0.4, 0.5) is 0 Å². The van der Waals surface area contributed by atoms with E-state index in [9.17, 15) is 9.59 Å². The third-order valence-corrected chi connectivity index (χ3v) is 12.5. The van der Waals surface area contributed by atoms with Gasteiger partial charge in [-0.3, -0.25) is 39.3 Å². The second kappa shape index (κ2) is 20.6. The lowest BCUT2D eigenvalue weighted by Gasteiger charge is -2.28. The molecule has 0 N–H and O–H groups in total. The summed E-state index contributed by atoms with van der Waals surface area (Å²) in [7, 11) is 3.74. The molecule has 1 unspecified atom stereocenters. The molecule has 0 radical (unpaired) electrons. The Balaban J connectivity index is 0.000000248. The van der Waals surface area contributed by atoms with E-state index in [0.29, 0.717) is 11.8 Å². The van der Waals surface area contributed by atoms with Crippen LogP contribution in [-0.2, 0) is 25.7 Å². The van der Waals surface area contributed by atoms with E-state index < -0.39 is 0 Å². The van der Waals surface area contributed by atoms with Crippen molar-refractivity contribution in [3.8, 4) is 0 Å². The summed E-state index contributed by atoms with van der Waals surface area (Å²) in [4.78, 5) is 51.9. The monoisotopic (exact) mass is 840 g/mol. The van der Waals surface area contributed by atoms with E-state index in [1.807, 2.05) is 26.5 Å². The molecule has 8 rings (SSSR count). The molecule has 320 valence electrons. The summed E-state index contributed by atoms with van der Waals surface area (Å²) >= 11 is 0. The maximum Gasteiger partial charge on any atom is 0.255 e. The van der Waals surface area contributed by atoms with Gasteiger partial charge in [0.1, 0.15) is 0 Å². The molecule has 59 heavy (non-hydrogen) atoms. The van der Waals surface area contributed by atoms with Crippen molar-refractivity contribution in [2.45, 2.75) is 99.6 Å². The third-order valence-electron chi connectivity index (χ3n) is 12.5. The fraction of sp³-hybridized carbons (Fsp3) is 0.532. The van der Waals surface area contributed by atoms with Crippen molar-refractivity contribution in [2.75, 3.05) is 53.4 Å². The molecule has 2 amide bonds. The normalized spacial score (nSPS) is 20.0. The summed E-state index contributed by atoms with van der Waals surface area (Å²) in [5.74, 6) is 1.54. The Labute approximate surface area is 367 Å². The average molecular weight is 841 g/mol. The molecule has 8 heterocycles. The van der Waals surface area contributed by atoms with Crippen LogP contribution in [-0.4, -0.2) is 105 Å². The quantitative estimate of drug-likeness (QED) is 0.180. The zero-order valence-corrected chi connectivity index (χ0v) is 37.8. The first-order chi connectivity index (χ1) is 26.8. The van der Waals surface area contributed by atoms with Crippen molar-refractivity contribution < 1.29 is 9.59 Å². The molecular weight excluding hydrogens is 773 g/mol. The largest absolute Gasteiger partial charge is 0.341 e. The van der Waals surface area contributed by atoms with E-state index in [1.54, 1.807) is 9.80 Å². The lowest BCUT2D eigenvalue weighted by Crippen LogP contribution is -2.35. The van der Waals surface area contributed by atoms with Gasteiger partial charge in [0.15, 0.2) is 0 Å². The highest BCUT2D eigenvalue weighted by molar-refractivity contribution is 7.59. The maximum absolute atomic E-state index is 12.5. The van der Waals surface area contributed by atoms with Gasteiger partial charge < -0.3 is 9.80 Å². The molecule has 0 aliphatic carbocycles. The van der Waals surface area contributed by atoms with Crippen LogP contribution in [0.1, 0.15) is 123 Å². The predicted molar refractivity (Wildman–Crippen MR) is 248 cm³/mol. The van der Waals surface area contributed by atoms with Crippen LogP contribution >= 0.6 is 27.0 Å². The Morgan fingerprint density at radius 1 is 0.593 bits per heavy atom. The van der Waals surface area contributed by atoms with E-state index in [1.165, 1.54) is 24.0 Å². The number of rotatable bonds is 8. The third kappa shape index (κ3) is 11.3. The number of pyridine rings is 4. The van der Waals surface area contributed by atoms with E-state index in [0.717, 1.165) is 121 Å². The van der Waals surface area contributed by atoms with Crippen molar-refractivity contribution in [3.05, 3.63) is 116 Å². The van der Waals surface area contributed by atoms with Crippen LogP contribution in [0.3, 0.4) is 0 Å². The molecule has 4 atom stereocenters. The van der Waals surface area contributed by atoms with E-state index in [-0.39, 0.29) is 58.3 Å². The van der Waals surface area contributed by atoms with Crippen molar-refractivity contribution in [3.63, 3.8) is 0 Å². The van der Waals surface area contributed by atoms with Crippen LogP contribution in [0.2, 0.25) is 0 Å². The molecular formula is C47H68N8O2S2. The number of nitrogens with zero attached hydrogens (tertiary/aromatic N) is 8. The van der Waals surface area contributed by atoms with E-state index in [4.69, 9.17) is 0 Å². The molecule has 2 saturated heterocycles. The molecule has 10 nitrogen and oxygen atoms in total. The zero-order chi connectivity index (χ0) is 39.7. The molecule has 0 spiro atoms. The molecule has 4 aliphatic rings. The molecule has 12 heteroatoms. The fourth-order valence-corrected chi connectivity index (χ4v) is 9.33. The fourth-order valence-electron chi connectivity index (χ4n) is 9.33. The molecule has 4 aromatic heterocycles. The average Bonchev–Trinajstić information content (AvgIpc) is 3.83. The summed E-state index contributed by atoms with van der Waals surface area (Å²) in [5.41, 5.74) is 13.0. The number of aryl methyl sites for hydroxylation is 4. The molecule has 4 aromatic rings. The minimum Gasteiger partial charge on any atom is -0.341 e. The Kier molecular flexibility index (Phi) is 16.7. The van der Waals surface area contributed by atoms with Gasteiger partial charge in [-0.05, 0) is 151 Å². The number of likely N-dealkylation sites (N-methyl/N-ethyl adjacent to an activating group) is 2. The van der Waals surface area contributed by atoms with Crippen LogP contribution in [0.15, 0.2) is 48.8 Å². The number of carbonyl (C=O) groups is 2. The van der Waals surface area contributed by atoms with Crippen LogP contribution in [0, 0.1) is 39.5 Å². The highest BCUT2D eigenvalue weighted by Crippen LogP contribution is 2.32. The van der Waals surface area contributed by atoms with Gasteiger partial charge >= 0.3 is 0 Å². The van der Waals surface area contributed by atoms with Gasteiger partial charge in [0.2, 0.25) is 0 Å². The number of amides is 2. The van der Waals surface area contributed by atoms with Gasteiger partial charge in [-0.25, -0.2) is 0 Å². The van der Waals surface area contributed by atoms with E-state index in [2.05, 4.69) is 108 Å². The topological polar surface area (TPSA) is 98.7 Å². The van der Waals surface area contributed by atoms with Crippen LogP contribution < -0.4 is 0 Å². The lowest BCUT2D eigenvalue weighted by molar-refractivity contribution is 0.0771. The summed E-state index contributed by atoms with van der Waals surface area (Å²) in [6, 6.07) is 13.6. The molecule has 4 aliphatic heterocycles. The Bertz CT molecular complexity index is 1910. The van der Waals surface area contributed by atoms with Gasteiger partial charge in [0.05, 0.1) is 22.5 Å². The molecule has 2 fully saturated rings. The first kappa shape index (κ1) is 47.8. The number of aromatic nitrogens is 4. The number of carbonyl (C=O) groups excluding carboxylic acids is 2. The van der Waals surface area contributed by atoms with Crippen LogP contribution in [0.25, 0.3) is 0 Å². The van der Waals surface area contributed by atoms with Crippen molar-refractivity contribution in [2.24, 2.45) is 11.8 Å². The van der Waals surface area contributed by atoms with Crippen molar-refractivity contribution in [1.82, 2.24) is 39.5 Å². The number of hydrogen-bond acceptors (Lipinski definition) is 8. The standard InChI is InChI=1S/2C23H30N4O.CH4.2H2S/c2*1-15-9-19(10-16(2)25-15)11-18-5-8-27(14-18)17(3)20-12-21-22(24-13-20)6-7-26(4)23(21)28;;;/h2*9-10,12-13,17-18H,5-8,11,14H2,1-4H3;1H4;2*1H2/t17?,18-;17-,18-;;;/m11.../s1. The highest BCUT2D eigenvalue weighted by atomic mass is 32.1. The number of fused-ring (bicyclic) bond motifs is 2. The predicted octanol–water partition coefficient (Wildman–Crippen LogP) is 7.56. The second-order valence-corrected chi connectivity index (χ2v) is 17.1. The first-order valence-electron chi connectivity index (χ1n) is 20.7. The molecule has 0 bridgehead atoms.